The Hall–Kier alpha value is -6.96. The summed E-state index contributed by atoms with van der Waals surface area (Å²) in [5.74, 6) is 0. The van der Waals surface area contributed by atoms with Crippen molar-refractivity contribution in [3.8, 4) is 55.6 Å². The Morgan fingerprint density at radius 1 is 0.304 bits per heavy atom. The van der Waals surface area contributed by atoms with E-state index in [4.69, 9.17) is 0 Å². The number of benzene rings is 9. The third-order valence-corrected chi connectivity index (χ3v) is 11.7. The average Bonchev–Trinajstić information content (AvgIpc) is 3.50. The third-order valence-electron chi connectivity index (χ3n) is 11.7. The maximum atomic E-state index is 2.42. The maximum Gasteiger partial charge on any atom is 0.0465 e. The molecule has 0 saturated heterocycles. The minimum absolute atomic E-state index is 0.149. The molecule has 0 saturated carbocycles. The lowest BCUT2D eigenvalue weighted by Gasteiger charge is -2.28. The first-order valence-corrected chi connectivity index (χ1v) is 19.5. The molecule has 0 radical (unpaired) electrons. The van der Waals surface area contributed by atoms with E-state index in [1.165, 1.54) is 77.5 Å². The molecule has 1 heteroatoms. The van der Waals surface area contributed by atoms with Crippen LogP contribution in [0, 0.1) is 0 Å². The van der Waals surface area contributed by atoms with Crippen LogP contribution in [-0.2, 0) is 5.41 Å². The van der Waals surface area contributed by atoms with Crippen LogP contribution >= 0.6 is 0 Å². The zero-order valence-corrected chi connectivity index (χ0v) is 31.7. The van der Waals surface area contributed by atoms with Gasteiger partial charge in [0, 0.05) is 22.5 Å². The molecule has 0 aliphatic heterocycles. The summed E-state index contributed by atoms with van der Waals surface area (Å²) in [4.78, 5) is 2.39. The smallest absolute Gasteiger partial charge is 0.0465 e. The first kappa shape index (κ1) is 33.6. The van der Waals surface area contributed by atoms with Crippen LogP contribution in [0.3, 0.4) is 0 Å². The van der Waals surface area contributed by atoms with Crippen LogP contribution in [-0.4, -0.2) is 0 Å². The molecule has 0 N–H and O–H groups in total. The summed E-state index contributed by atoms with van der Waals surface area (Å²) in [6.07, 6.45) is 0. The van der Waals surface area contributed by atoms with Gasteiger partial charge in [-0.2, -0.15) is 0 Å². The van der Waals surface area contributed by atoms with E-state index in [1.807, 2.05) is 0 Å². The highest BCUT2D eigenvalue weighted by Gasteiger charge is 2.37. The highest BCUT2D eigenvalue weighted by atomic mass is 15.1. The van der Waals surface area contributed by atoms with E-state index in [9.17, 15) is 0 Å². The van der Waals surface area contributed by atoms with Gasteiger partial charge in [0.05, 0.1) is 0 Å². The fourth-order valence-electron chi connectivity index (χ4n) is 8.78. The lowest BCUT2D eigenvalue weighted by molar-refractivity contribution is 0.660. The summed E-state index contributed by atoms with van der Waals surface area (Å²) in [5.41, 5.74) is 18.5. The summed E-state index contributed by atoms with van der Waals surface area (Å²) >= 11 is 0. The Labute approximate surface area is 329 Å². The van der Waals surface area contributed by atoms with Gasteiger partial charge in [-0.3, -0.25) is 0 Å². The topological polar surface area (TPSA) is 3.24 Å². The molecular weight excluding hydrogens is 675 g/mol. The normalized spacial score (nSPS) is 12.6. The number of rotatable bonds is 7. The number of nitrogens with zero attached hydrogens (tertiary/aromatic N) is 1. The first-order valence-electron chi connectivity index (χ1n) is 19.5. The number of para-hydroxylation sites is 1. The molecule has 0 amide bonds. The third kappa shape index (κ3) is 5.81. The molecule has 0 fully saturated rings. The molecule has 0 bridgehead atoms. The van der Waals surface area contributed by atoms with Gasteiger partial charge < -0.3 is 4.90 Å². The van der Waals surface area contributed by atoms with Crippen molar-refractivity contribution >= 4 is 27.8 Å². The van der Waals surface area contributed by atoms with Crippen molar-refractivity contribution in [2.75, 3.05) is 4.90 Å². The van der Waals surface area contributed by atoms with Gasteiger partial charge in [0.2, 0.25) is 0 Å². The monoisotopic (exact) mass is 715 g/mol. The highest BCUT2D eigenvalue weighted by Crippen LogP contribution is 2.53. The van der Waals surface area contributed by atoms with Crippen LogP contribution in [0.15, 0.2) is 212 Å². The van der Waals surface area contributed by atoms with Crippen LogP contribution in [0.4, 0.5) is 17.1 Å². The van der Waals surface area contributed by atoms with Crippen LogP contribution in [0.2, 0.25) is 0 Å². The van der Waals surface area contributed by atoms with Gasteiger partial charge in [-0.15, -0.1) is 0 Å². The van der Waals surface area contributed by atoms with Gasteiger partial charge in [0.15, 0.2) is 0 Å². The molecule has 0 atom stereocenters. The van der Waals surface area contributed by atoms with Crippen molar-refractivity contribution in [3.63, 3.8) is 0 Å². The van der Waals surface area contributed by atoms with Crippen LogP contribution in [0.25, 0.3) is 66.4 Å². The minimum atomic E-state index is -0.149. The van der Waals surface area contributed by atoms with Crippen LogP contribution < -0.4 is 4.90 Å². The standard InChI is InChI=1S/C55H41N/c1-55(2)52-24-14-23-48(40-17-8-4-9-18-40)54(52)49-34-33-47(37-53(49)55)56(45-21-10-5-11-22-45)46-31-29-42(30-32-46)51-36-44-20-13-12-19-43(44)35-50(51)41-27-25-39(26-28-41)38-15-6-3-7-16-38/h3-37H,1-2H3. The highest BCUT2D eigenvalue weighted by molar-refractivity contribution is 5.98. The van der Waals surface area contributed by atoms with E-state index in [0.717, 1.165) is 17.1 Å². The molecule has 9 aromatic carbocycles. The van der Waals surface area contributed by atoms with Gasteiger partial charge in [-0.1, -0.05) is 178 Å². The second-order valence-electron chi connectivity index (χ2n) is 15.4. The SMILES string of the molecule is CC1(C)c2cc(N(c3ccccc3)c3ccc(-c4cc5ccccc5cc4-c4ccc(-c5ccccc5)cc4)cc3)ccc2-c2c(-c3ccccc3)cccc21. The molecular formula is C55H41N. The van der Waals surface area contributed by atoms with Crippen molar-refractivity contribution in [2.24, 2.45) is 0 Å². The summed E-state index contributed by atoms with van der Waals surface area (Å²) < 4.78 is 0. The van der Waals surface area contributed by atoms with Crippen LogP contribution in [0.5, 0.6) is 0 Å². The number of hydrogen-bond donors (Lipinski definition) is 0. The minimum Gasteiger partial charge on any atom is -0.310 e. The fourth-order valence-corrected chi connectivity index (χ4v) is 8.78. The molecule has 1 aliphatic carbocycles. The van der Waals surface area contributed by atoms with Gasteiger partial charge in [-0.05, 0) is 126 Å². The lowest BCUT2D eigenvalue weighted by atomic mass is 9.81. The van der Waals surface area contributed by atoms with E-state index >= 15 is 0 Å². The zero-order chi connectivity index (χ0) is 37.6. The summed E-state index contributed by atoms with van der Waals surface area (Å²) in [6.45, 7) is 4.74. The summed E-state index contributed by atoms with van der Waals surface area (Å²) in [6, 6.07) is 77.5. The second-order valence-corrected chi connectivity index (χ2v) is 15.4. The van der Waals surface area contributed by atoms with Gasteiger partial charge >= 0.3 is 0 Å². The molecule has 1 aliphatic rings. The molecule has 0 aromatic heterocycles. The number of fused-ring (bicyclic) bond motifs is 4. The predicted octanol–water partition coefficient (Wildman–Crippen LogP) is 15.3. The Kier molecular flexibility index (Phi) is 8.23. The number of hydrogen-bond acceptors (Lipinski definition) is 1. The first-order chi connectivity index (χ1) is 27.5. The molecule has 9 aromatic rings. The lowest BCUT2D eigenvalue weighted by Crippen LogP contribution is -2.16. The average molecular weight is 716 g/mol. The fraction of sp³-hybridized carbons (Fsp3) is 0.0545. The van der Waals surface area contributed by atoms with E-state index < -0.39 is 0 Å². The Balaban J connectivity index is 1.06. The Morgan fingerprint density at radius 3 is 1.39 bits per heavy atom. The Morgan fingerprint density at radius 2 is 0.768 bits per heavy atom. The zero-order valence-electron chi connectivity index (χ0n) is 31.7. The Bertz CT molecular complexity index is 2840. The van der Waals surface area contributed by atoms with E-state index in [1.54, 1.807) is 0 Å². The largest absolute Gasteiger partial charge is 0.310 e. The van der Waals surface area contributed by atoms with Crippen molar-refractivity contribution in [2.45, 2.75) is 19.3 Å². The number of anilines is 3. The van der Waals surface area contributed by atoms with Gasteiger partial charge in [0.25, 0.3) is 0 Å². The molecule has 0 unspecified atom stereocenters. The summed E-state index contributed by atoms with van der Waals surface area (Å²) in [7, 11) is 0. The van der Waals surface area contributed by atoms with Crippen LogP contribution in [0.1, 0.15) is 25.0 Å². The van der Waals surface area contributed by atoms with E-state index in [0.29, 0.717) is 0 Å². The van der Waals surface area contributed by atoms with Crippen molar-refractivity contribution in [1.29, 1.82) is 0 Å². The molecule has 10 rings (SSSR count). The summed E-state index contributed by atoms with van der Waals surface area (Å²) in [5, 5.41) is 2.47. The molecule has 266 valence electrons. The van der Waals surface area contributed by atoms with Crippen molar-refractivity contribution in [1.82, 2.24) is 0 Å². The quantitative estimate of drug-likeness (QED) is 0.159. The molecule has 56 heavy (non-hydrogen) atoms. The molecule has 0 spiro atoms. The molecule has 1 nitrogen and oxygen atoms in total. The maximum absolute atomic E-state index is 2.42. The van der Waals surface area contributed by atoms with Gasteiger partial charge in [0.1, 0.15) is 0 Å². The van der Waals surface area contributed by atoms with Gasteiger partial charge in [-0.25, -0.2) is 0 Å². The molecule has 0 heterocycles. The van der Waals surface area contributed by atoms with E-state index in [-0.39, 0.29) is 5.41 Å². The predicted molar refractivity (Wildman–Crippen MR) is 238 cm³/mol. The van der Waals surface area contributed by atoms with E-state index in [2.05, 4.69) is 231 Å². The second kappa shape index (κ2) is 13.7. The van der Waals surface area contributed by atoms with Crippen molar-refractivity contribution < 1.29 is 0 Å². The van der Waals surface area contributed by atoms with Crippen molar-refractivity contribution in [3.05, 3.63) is 223 Å².